The molecule has 1 aliphatic heterocycles. The summed E-state index contributed by atoms with van der Waals surface area (Å²) in [5.74, 6) is 0.668. The standard InChI is InChI=1S/C18H27N3O2.ClH/c1-3-17(22)20-15-6-4-13(2)16(12-15)21-18(23)7-5-14-8-10-19-11-9-14;/h4,6,12,14,19H,3,5,7-11H2,1-2H3,(H,20,22)(H,21,23);1H. The lowest BCUT2D eigenvalue weighted by Crippen LogP contribution is -2.28. The number of benzene rings is 1. The second-order valence-electron chi connectivity index (χ2n) is 6.21. The molecule has 0 unspecified atom stereocenters. The highest BCUT2D eigenvalue weighted by Crippen LogP contribution is 2.22. The van der Waals surface area contributed by atoms with Crippen molar-refractivity contribution in [2.45, 2.75) is 46.0 Å². The Hall–Kier alpha value is -1.59. The van der Waals surface area contributed by atoms with Crippen molar-refractivity contribution in [1.29, 1.82) is 0 Å². The fourth-order valence-electron chi connectivity index (χ4n) is 2.80. The summed E-state index contributed by atoms with van der Waals surface area (Å²) in [4.78, 5) is 23.7. The van der Waals surface area contributed by atoms with Crippen LogP contribution < -0.4 is 16.0 Å². The summed E-state index contributed by atoms with van der Waals surface area (Å²) in [5, 5.41) is 9.14. The van der Waals surface area contributed by atoms with Gasteiger partial charge in [0.15, 0.2) is 0 Å². The molecule has 3 N–H and O–H groups in total. The van der Waals surface area contributed by atoms with Gasteiger partial charge in [0.1, 0.15) is 0 Å². The van der Waals surface area contributed by atoms with Gasteiger partial charge in [-0.2, -0.15) is 0 Å². The molecule has 0 saturated carbocycles. The van der Waals surface area contributed by atoms with Crippen LogP contribution in [-0.4, -0.2) is 24.9 Å². The summed E-state index contributed by atoms with van der Waals surface area (Å²) in [7, 11) is 0. The van der Waals surface area contributed by atoms with Crippen molar-refractivity contribution in [3.8, 4) is 0 Å². The maximum Gasteiger partial charge on any atom is 0.224 e. The summed E-state index contributed by atoms with van der Waals surface area (Å²) in [5.41, 5.74) is 2.49. The lowest BCUT2D eigenvalue weighted by atomic mass is 9.93. The van der Waals surface area contributed by atoms with Crippen molar-refractivity contribution < 1.29 is 9.59 Å². The van der Waals surface area contributed by atoms with E-state index in [1.54, 1.807) is 0 Å². The third kappa shape index (κ3) is 6.49. The Morgan fingerprint density at radius 3 is 2.54 bits per heavy atom. The number of amides is 2. The Morgan fingerprint density at radius 2 is 1.88 bits per heavy atom. The van der Waals surface area contributed by atoms with Gasteiger partial charge in [0.05, 0.1) is 0 Å². The number of halogens is 1. The van der Waals surface area contributed by atoms with Crippen molar-refractivity contribution >= 4 is 35.6 Å². The maximum absolute atomic E-state index is 12.2. The van der Waals surface area contributed by atoms with E-state index in [1.807, 2.05) is 32.0 Å². The first kappa shape index (κ1) is 20.5. The number of carbonyl (C=O) groups is 2. The molecule has 0 spiro atoms. The monoisotopic (exact) mass is 353 g/mol. The van der Waals surface area contributed by atoms with E-state index in [9.17, 15) is 9.59 Å². The van der Waals surface area contributed by atoms with E-state index < -0.39 is 0 Å². The SMILES string of the molecule is CCC(=O)Nc1ccc(C)c(NC(=O)CCC2CCNCC2)c1.Cl. The van der Waals surface area contributed by atoms with Gasteiger partial charge in [-0.15, -0.1) is 12.4 Å². The van der Waals surface area contributed by atoms with E-state index in [2.05, 4.69) is 16.0 Å². The lowest BCUT2D eigenvalue weighted by molar-refractivity contribution is -0.117. The summed E-state index contributed by atoms with van der Waals surface area (Å²) < 4.78 is 0. The highest BCUT2D eigenvalue weighted by molar-refractivity contribution is 5.94. The molecule has 1 saturated heterocycles. The number of anilines is 2. The minimum absolute atomic E-state index is 0. The molecule has 1 aliphatic rings. The average molecular weight is 354 g/mol. The van der Waals surface area contributed by atoms with Gasteiger partial charge in [0.25, 0.3) is 0 Å². The quantitative estimate of drug-likeness (QED) is 0.733. The summed E-state index contributed by atoms with van der Waals surface area (Å²) in [6, 6.07) is 5.59. The van der Waals surface area contributed by atoms with Crippen LogP contribution in [0.1, 0.15) is 44.6 Å². The summed E-state index contributed by atoms with van der Waals surface area (Å²) >= 11 is 0. The minimum Gasteiger partial charge on any atom is -0.326 e. The molecule has 2 rings (SSSR count). The van der Waals surface area contributed by atoms with Crippen LogP contribution in [0.15, 0.2) is 18.2 Å². The zero-order chi connectivity index (χ0) is 16.7. The van der Waals surface area contributed by atoms with E-state index in [0.29, 0.717) is 18.8 Å². The number of hydrogen-bond acceptors (Lipinski definition) is 3. The predicted molar refractivity (Wildman–Crippen MR) is 101 cm³/mol. The third-order valence-corrected chi connectivity index (χ3v) is 4.35. The van der Waals surface area contributed by atoms with Crippen LogP contribution in [0.3, 0.4) is 0 Å². The van der Waals surface area contributed by atoms with E-state index >= 15 is 0 Å². The molecule has 0 aromatic heterocycles. The number of piperidine rings is 1. The van der Waals surface area contributed by atoms with Crippen molar-refractivity contribution in [2.75, 3.05) is 23.7 Å². The zero-order valence-corrected chi connectivity index (χ0v) is 15.3. The van der Waals surface area contributed by atoms with Crippen LogP contribution in [0.2, 0.25) is 0 Å². The molecule has 5 nitrogen and oxygen atoms in total. The van der Waals surface area contributed by atoms with Crippen molar-refractivity contribution in [1.82, 2.24) is 5.32 Å². The van der Waals surface area contributed by atoms with E-state index in [-0.39, 0.29) is 24.2 Å². The van der Waals surface area contributed by atoms with Gasteiger partial charge in [-0.25, -0.2) is 0 Å². The highest BCUT2D eigenvalue weighted by Gasteiger charge is 2.15. The fraction of sp³-hybridized carbons (Fsp3) is 0.556. The maximum atomic E-state index is 12.2. The Bertz CT molecular complexity index is 557. The Kier molecular flexibility index (Phi) is 8.79. The molecule has 134 valence electrons. The molecule has 0 aliphatic carbocycles. The Labute approximate surface area is 150 Å². The first-order chi connectivity index (χ1) is 11.1. The molecule has 24 heavy (non-hydrogen) atoms. The van der Waals surface area contributed by atoms with Gasteiger partial charge in [-0.3, -0.25) is 9.59 Å². The third-order valence-electron chi connectivity index (χ3n) is 4.35. The first-order valence-corrected chi connectivity index (χ1v) is 8.49. The molecule has 0 bridgehead atoms. The first-order valence-electron chi connectivity index (χ1n) is 8.49. The van der Waals surface area contributed by atoms with Gasteiger partial charge >= 0.3 is 0 Å². The molecule has 1 heterocycles. The number of rotatable bonds is 6. The van der Waals surface area contributed by atoms with E-state index in [1.165, 1.54) is 0 Å². The van der Waals surface area contributed by atoms with Crippen LogP contribution in [0, 0.1) is 12.8 Å². The highest BCUT2D eigenvalue weighted by atomic mass is 35.5. The Morgan fingerprint density at radius 1 is 1.17 bits per heavy atom. The number of aryl methyl sites for hydroxylation is 1. The van der Waals surface area contributed by atoms with Gasteiger partial charge in [0.2, 0.25) is 11.8 Å². The molecule has 2 amide bonds. The molecular weight excluding hydrogens is 326 g/mol. The topological polar surface area (TPSA) is 70.2 Å². The fourth-order valence-corrected chi connectivity index (χ4v) is 2.80. The van der Waals surface area contributed by atoms with Crippen LogP contribution in [0.25, 0.3) is 0 Å². The smallest absolute Gasteiger partial charge is 0.224 e. The van der Waals surface area contributed by atoms with Crippen molar-refractivity contribution in [3.63, 3.8) is 0 Å². The van der Waals surface area contributed by atoms with E-state index in [0.717, 1.165) is 49.3 Å². The number of nitrogens with one attached hydrogen (secondary N) is 3. The minimum atomic E-state index is -0.0305. The second-order valence-corrected chi connectivity index (χ2v) is 6.21. The van der Waals surface area contributed by atoms with Crippen LogP contribution >= 0.6 is 12.4 Å². The number of hydrogen-bond donors (Lipinski definition) is 3. The molecule has 0 atom stereocenters. The van der Waals surface area contributed by atoms with Crippen LogP contribution in [-0.2, 0) is 9.59 Å². The predicted octanol–water partition coefficient (Wildman–Crippen LogP) is 3.48. The molecular formula is C18H28ClN3O2. The van der Waals surface area contributed by atoms with Gasteiger partial charge in [-0.05, 0) is 62.9 Å². The largest absolute Gasteiger partial charge is 0.326 e. The normalized spacial score (nSPS) is 14.6. The molecule has 1 fully saturated rings. The van der Waals surface area contributed by atoms with E-state index in [4.69, 9.17) is 0 Å². The van der Waals surface area contributed by atoms with Crippen LogP contribution in [0.5, 0.6) is 0 Å². The lowest BCUT2D eigenvalue weighted by Gasteiger charge is -2.22. The van der Waals surface area contributed by atoms with Gasteiger partial charge < -0.3 is 16.0 Å². The van der Waals surface area contributed by atoms with Crippen molar-refractivity contribution in [2.24, 2.45) is 5.92 Å². The van der Waals surface area contributed by atoms with Gasteiger partial charge in [0, 0.05) is 24.2 Å². The Balaban J connectivity index is 0.00000288. The second kappa shape index (κ2) is 10.3. The molecule has 1 aromatic rings. The number of carbonyl (C=O) groups excluding carboxylic acids is 2. The molecule has 6 heteroatoms. The molecule has 0 radical (unpaired) electrons. The zero-order valence-electron chi connectivity index (χ0n) is 14.5. The summed E-state index contributed by atoms with van der Waals surface area (Å²) in [6.07, 6.45) is 4.25. The van der Waals surface area contributed by atoms with Crippen LogP contribution in [0.4, 0.5) is 11.4 Å². The molecule has 1 aromatic carbocycles. The van der Waals surface area contributed by atoms with Crippen molar-refractivity contribution in [3.05, 3.63) is 23.8 Å². The summed E-state index contributed by atoms with van der Waals surface area (Å²) in [6.45, 7) is 5.88. The average Bonchev–Trinajstić information content (AvgIpc) is 2.57. The van der Waals surface area contributed by atoms with Gasteiger partial charge in [-0.1, -0.05) is 13.0 Å².